The maximum atomic E-state index is 5.50. The van der Waals surface area contributed by atoms with Gasteiger partial charge in [-0.25, -0.2) is 4.68 Å². The summed E-state index contributed by atoms with van der Waals surface area (Å²) in [4.78, 5) is 5.49. The van der Waals surface area contributed by atoms with Crippen LogP contribution in [0.15, 0.2) is 45.8 Å². The number of aromatic nitrogens is 1. The summed E-state index contributed by atoms with van der Waals surface area (Å²) >= 11 is 1.58. The molecule has 2 aromatic carbocycles. The molecule has 0 aliphatic rings. The van der Waals surface area contributed by atoms with Crippen molar-refractivity contribution in [3.05, 3.63) is 57.2 Å². The molecule has 7 heteroatoms. The normalized spacial score (nSPS) is 12.2. The van der Waals surface area contributed by atoms with Gasteiger partial charge in [0.15, 0.2) is 11.5 Å². The molecule has 3 rings (SSSR count). The van der Waals surface area contributed by atoms with Crippen LogP contribution < -0.4 is 19.0 Å². The molecule has 3 aromatic rings. The second-order valence-electron chi connectivity index (χ2n) is 7.09. The number of rotatable bonds is 7. The maximum Gasteiger partial charge on any atom is 0.206 e. The van der Waals surface area contributed by atoms with Gasteiger partial charge in [0.25, 0.3) is 0 Å². The molecule has 0 aliphatic carbocycles. The zero-order chi connectivity index (χ0) is 22.5. The highest BCUT2D eigenvalue weighted by Gasteiger charge is 2.15. The van der Waals surface area contributed by atoms with Gasteiger partial charge in [-0.15, -0.1) is 11.3 Å². The van der Waals surface area contributed by atoms with E-state index in [0.29, 0.717) is 23.8 Å². The quantitative estimate of drug-likeness (QED) is 0.484. The van der Waals surface area contributed by atoms with E-state index in [-0.39, 0.29) is 0 Å². The Morgan fingerprint density at radius 3 is 2.19 bits per heavy atom. The molecule has 1 heterocycles. The van der Waals surface area contributed by atoms with Crippen LogP contribution in [-0.2, 0) is 0 Å². The number of thiazole rings is 1. The van der Waals surface area contributed by atoms with Crippen LogP contribution in [0.1, 0.15) is 30.5 Å². The van der Waals surface area contributed by atoms with E-state index in [9.17, 15) is 0 Å². The summed E-state index contributed by atoms with van der Waals surface area (Å²) in [6.07, 6.45) is 0. The lowest BCUT2D eigenvalue weighted by molar-refractivity contribution is 0.324. The monoisotopic (exact) mass is 439 g/mol. The molecule has 164 valence electrons. The van der Waals surface area contributed by atoms with Crippen LogP contribution in [0.5, 0.6) is 17.2 Å². The van der Waals surface area contributed by atoms with Crippen LogP contribution >= 0.6 is 11.3 Å². The average Bonchev–Trinajstić information content (AvgIpc) is 3.16. The first-order valence-electron chi connectivity index (χ1n) is 10.1. The van der Waals surface area contributed by atoms with Crippen molar-refractivity contribution in [3.8, 4) is 28.5 Å². The molecule has 0 unspecified atom stereocenters. The van der Waals surface area contributed by atoms with Crippen molar-refractivity contribution in [2.75, 3.05) is 27.9 Å². The molecule has 0 fully saturated rings. The lowest BCUT2D eigenvalue weighted by Gasteiger charge is -2.14. The van der Waals surface area contributed by atoms with Gasteiger partial charge < -0.3 is 14.2 Å². The lowest BCUT2D eigenvalue weighted by Crippen LogP contribution is -2.14. The number of aryl methyl sites for hydroxylation is 2. The van der Waals surface area contributed by atoms with E-state index >= 15 is 0 Å². The summed E-state index contributed by atoms with van der Waals surface area (Å²) in [6, 6.07) is 10.3. The zero-order valence-corrected chi connectivity index (χ0v) is 20.0. The van der Waals surface area contributed by atoms with Gasteiger partial charge in [-0.2, -0.15) is 5.10 Å². The summed E-state index contributed by atoms with van der Waals surface area (Å²) in [5.74, 6) is 1.74. The van der Waals surface area contributed by atoms with Crippen molar-refractivity contribution >= 4 is 17.0 Å². The Hall–Kier alpha value is -3.06. The summed E-state index contributed by atoms with van der Waals surface area (Å²) in [7, 11) is 4.81. The Morgan fingerprint density at radius 2 is 1.65 bits per heavy atom. The van der Waals surface area contributed by atoms with Crippen LogP contribution in [0.2, 0.25) is 0 Å². The topological polar surface area (TPSA) is 57.3 Å². The molecule has 0 aliphatic heterocycles. The smallest absolute Gasteiger partial charge is 0.206 e. The summed E-state index contributed by atoms with van der Waals surface area (Å²) in [5, 5.41) is 7.04. The molecule has 0 N–H and O–H groups in total. The van der Waals surface area contributed by atoms with Gasteiger partial charge >= 0.3 is 0 Å². The van der Waals surface area contributed by atoms with Crippen LogP contribution in [0.3, 0.4) is 0 Å². The molecular formula is C24H29N3O3S. The first kappa shape index (κ1) is 22.6. The van der Waals surface area contributed by atoms with Crippen molar-refractivity contribution in [1.82, 2.24) is 4.68 Å². The molecular weight excluding hydrogens is 410 g/mol. The van der Waals surface area contributed by atoms with Gasteiger partial charge in [0.1, 0.15) is 0 Å². The minimum atomic E-state index is 0.558. The average molecular weight is 440 g/mol. The highest BCUT2D eigenvalue weighted by molar-refractivity contribution is 7.07. The van der Waals surface area contributed by atoms with E-state index in [4.69, 9.17) is 19.3 Å². The van der Waals surface area contributed by atoms with E-state index in [1.165, 1.54) is 11.1 Å². The van der Waals surface area contributed by atoms with Gasteiger partial charge in [-0.1, -0.05) is 12.1 Å². The number of benzene rings is 2. The number of ether oxygens (including phenoxy) is 3. The standard InChI is InChI=1S/C24H29N3O3S/c1-8-25-24-27(20(14-31-24)18-10-9-15(2)16(3)11-18)26-17(4)19-12-21(28-5)23(30-7)22(13-19)29-6/h9-14H,8H2,1-7H3. The third-order valence-electron chi connectivity index (χ3n) is 5.11. The van der Waals surface area contributed by atoms with Crippen molar-refractivity contribution < 1.29 is 14.2 Å². The molecule has 0 radical (unpaired) electrons. The van der Waals surface area contributed by atoms with Gasteiger partial charge in [0, 0.05) is 23.1 Å². The van der Waals surface area contributed by atoms with Crippen LogP contribution in [0, 0.1) is 13.8 Å². The first-order valence-corrected chi connectivity index (χ1v) is 11.0. The summed E-state index contributed by atoms with van der Waals surface area (Å²) < 4.78 is 18.4. The highest BCUT2D eigenvalue weighted by atomic mass is 32.1. The Bertz CT molecular complexity index is 1150. The molecule has 0 spiro atoms. The molecule has 6 nitrogen and oxygen atoms in total. The van der Waals surface area contributed by atoms with E-state index in [1.807, 2.05) is 30.7 Å². The Balaban J connectivity index is 2.18. The number of nitrogens with zero attached hydrogens (tertiary/aromatic N) is 3. The fourth-order valence-corrected chi connectivity index (χ4v) is 4.13. The van der Waals surface area contributed by atoms with Gasteiger partial charge in [-0.05, 0) is 57.0 Å². The van der Waals surface area contributed by atoms with Crippen LogP contribution in [-0.4, -0.2) is 38.3 Å². The lowest BCUT2D eigenvalue weighted by atomic mass is 10.1. The molecule has 0 bridgehead atoms. The van der Waals surface area contributed by atoms with Crippen LogP contribution in [0.4, 0.5) is 0 Å². The predicted octanol–water partition coefficient (Wildman–Crippen LogP) is 5.05. The molecule has 0 saturated carbocycles. The zero-order valence-electron chi connectivity index (χ0n) is 19.1. The Morgan fingerprint density at radius 1 is 0.968 bits per heavy atom. The van der Waals surface area contributed by atoms with E-state index in [1.54, 1.807) is 32.7 Å². The van der Waals surface area contributed by atoms with Crippen molar-refractivity contribution in [1.29, 1.82) is 0 Å². The molecule has 0 atom stereocenters. The van der Waals surface area contributed by atoms with Gasteiger partial charge in [0.2, 0.25) is 10.6 Å². The van der Waals surface area contributed by atoms with Crippen molar-refractivity contribution in [2.45, 2.75) is 27.7 Å². The Kier molecular flexibility index (Phi) is 7.17. The van der Waals surface area contributed by atoms with Crippen molar-refractivity contribution in [2.24, 2.45) is 10.1 Å². The second-order valence-corrected chi connectivity index (χ2v) is 7.92. The Labute approximate surface area is 187 Å². The largest absolute Gasteiger partial charge is 0.493 e. The third kappa shape index (κ3) is 4.66. The van der Waals surface area contributed by atoms with Gasteiger partial charge in [0.05, 0.1) is 32.7 Å². The van der Waals surface area contributed by atoms with E-state index < -0.39 is 0 Å². The van der Waals surface area contributed by atoms with Gasteiger partial charge in [-0.3, -0.25) is 4.99 Å². The molecule has 0 amide bonds. The number of hydrogen-bond donors (Lipinski definition) is 0. The third-order valence-corrected chi connectivity index (χ3v) is 5.97. The highest BCUT2D eigenvalue weighted by Crippen LogP contribution is 2.38. The van der Waals surface area contributed by atoms with Crippen LogP contribution in [0.25, 0.3) is 11.3 Å². The predicted molar refractivity (Wildman–Crippen MR) is 127 cm³/mol. The first-order chi connectivity index (χ1) is 14.9. The molecule has 1 aromatic heterocycles. The SMILES string of the molecule is CCN=c1scc(-c2ccc(C)c(C)c2)n1N=C(C)c1cc(OC)c(OC)c(OC)c1. The fraction of sp³-hybridized carbons (Fsp3) is 0.333. The molecule has 0 saturated heterocycles. The summed E-state index contributed by atoms with van der Waals surface area (Å²) in [6.45, 7) is 8.91. The fourth-order valence-electron chi connectivity index (χ4n) is 3.24. The van der Waals surface area contributed by atoms with Crippen molar-refractivity contribution in [3.63, 3.8) is 0 Å². The minimum Gasteiger partial charge on any atom is -0.493 e. The summed E-state index contributed by atoms with van der Waals surface area (Å²) in [5.41, 5.74) is 6.31. The second kappa shape index (κ2) is 9.83. The van der Waals surface area contributed by atoms with E-state index in [2.05, 4.69) is 42.4 Å². The molecule has 31 heavy (non-hydrogen) atoms. The number of hydrogen-bond acceptors (Lipinski definition) is 6. The van der Waals surface area contributed by atoms with E-state index in [0.717, 1.165) is 27.3 Å². The maximum absolute atomic E-state index is 5.50. The number of methoxy groups -OCH3 is 3. The minimum absolute atomic E-state index is 0.558.